The Morgan fingerprint density at radius 2 is 2.08 bits per heavy atom. The number of likely N-dealkylation sites (tertiary alicyclic amines) is 1. The van der Waals surface area contributed by atoms with Crippen molar-refractivity contribution in [1.82, 2.24) is 14.5 Å². The fraction of sp³-hybridized carbons (Fsp3) is 0.300. The summed E-state index contributed by atoms with van der Waals surface area (Å²) < 4.78 is 2.25. The van der Waals surface area contributed by atoms with Crippen LogP contribution in [0.4, 0.5) is 0 Å². The molecule has 1 unspecified atom stereocenters. The number of benzene rings is 1. The number of para-hydroxylation sites is 1. The van der Waals surface area contributed by atoms with E-state index >= 15 is 0 Å². The third kappa shape index (κ3) is 3.15. The summed E-state index contributed by atoms with van der Waals surface area (Å²) in [4.78, 5) is 17.8. The molecule has 0 amide bonds. The quantitative estimate of drug-likeness (QED) is 0.794. The zero-order valence-corrected chi connectivity index (χ0v) is 14.0. The maximum absolute atomic E-state index is 11.3. The van der Waals surface area contributed by atoms with Crippen molar-refractivity contribution in [3.8, 4) is 5.69 Å². The van der Waals surface area contributed by atoms with Crippen LogP contribution in [0.1, 0.15) is 18.5 Å². The van der Waals surface area contributed by atoms with Crippen molar-refractivity contribution >= 4 is 16.9 Å². The number of rotatable bonds is 4. The molecular formula is C20H21N3O2. The minimum absolute atomic E-state index is 0.259. The highest BCUT2D eigenvalue weighted by atomic mass is 16.4. The third-order valence-electron chi connectivity index (χ3n) is 4.93. The number of carbonyl (C=O) groups is 1. The molecule has 0 spiro atoms. The Kier molecular flexibility index (Phi) is 4.24. The number of aliphatic carboxylic acids is 1. The Bertz CT molecular complexity index is 888. The molecule has 3 heterocycles. The maximum atomic E-state index is 11.3. The molecule has 128 valence electrons. The minimum atomic E-state index is -0.683. The summed E-state index contributed by atoms with van der Waals surface area (Å²) in [7, 11) is 0. The van der Waals surface area contributed by atoms with Crippen molar-refractivity contribution < 1.29 is 9.90 Å². The molecule has 0 aliphatic carbocycles. The molecule has 0 radical (unpaired) electrons. The van der Waals surface area contributed by atoms with Crippen molar-refractivity contribution in [1.29, 1.82) is 0 Å². The third-order valence-corrected chi connectivity index (χ3v) is 4.93. The molecule has 1 fully saturated rings. The average Bonchev–Trinajstić information content (AvgIpc) is 3.00. The molecule has 5 heteroatoms. The number of nitrogens with zero attached hydrogens (tertiary/aromatic N) is 3. The summed E-state index contributed by atoms with van der Waals surface area (Å²) in [5.41, 5.74) is 3.41. The van der Waals surface area contributed by atoms with Crippen LogP contribution in [-0.2, 0) is 11.3 Å². The van der Waals surface area contributed by atoms with E-state index < -0.39 is 5.97 Å². The fourth-order valence-electron chi connectivity index (χ4n) is 3.74. The van der Waals surface area contributed by atoms with E-state index in [0.29, 0.717) is 6.54 Å². The van der Waals surface area contributed by atoms with Crippen LogP contribution in [0.3, 0.4) is 0 Å². The summed E-state index contributed by atoms with van der Waals surface area (Å²) >= 11 is 0. The molecule has 25 heavy (non-hydrogen) atoms. The van der Waals surface area contributed by atoms with E-state index in [2.05, 4.69) is 32.7 Å². The van der Waals surface area contributed by atoms with Gasteiger partial charge in [0.1, 0.15) is 0 Å². The van der Waals surface area contributed by atoms with E-state index in [9.17, 15) is 9.90 Å². The molecule has 1 aliphatic rings. The van der Waals surface area contributed by atoms with Gasteiger partial charge in [-0.15, -0.1) is 0 Å². The molecular weight excluding hydrogens is 314 g/mol. The summed E-state index contributed by atoms with van der Waals surface area (Å²) in [5.74, 6) is -0.942. The standard InChI is InChI=1S/C20H21N3O2/c24-20(25)15-5-4-10-22(13-15)14-18-11-16-12-21-9-8-19(16)23(18)17-6-2-1-3-7-17/h1-3,6-9,11-12,15H,4-5,10,13-14H2,(H,24,25). The largest absolute Gasteiger partial charge is 0.481 e. The monoisotopic (exact) mass is 335 g/mol. The molecule has 4 rings (SSSR count). The molecule has 1 saturated heterocycles. The van der Waals surface area contributed by atoms with Crippen molar-refractivity contribution in [2.75, 3.05) is 13.1 Å². The molecule has 0 saturated carbocycles. The zero-order chi connectivity index (χ0) is 17.2. The number of hydrogen-bond acceptors (Lipinski definition) is 3. The van der Waals surface area contributed by atoms with Crippen LogP contribution in [0.25, 0.3) is 16.6 Å². The predicted octanol–water partition coefficient (Wildman–Crippen LogP) is 3.32. The van der Waals surface area contributed by atoms with Crippen LogP contribution in [0.15, 0.2) is 54.9 Å². The van der Waals surface area contributed by atoms with Crippen LogP contribution in [-0.4, -0.2) is 38.6 Å². The van der Waals surface area contributed by atoms with Crippen molar-refractivity contribution in [2.45, 2.75) is 19.4 Å². The van der Waals surface area contributed by atoms with Crippen LogP contribution in [0.5, 0.6) is 0 Å². The van der Waals surface area contributed by atoms with E-state index in [1.165, 1.54) is 5.69 Å². The molecule has 1 aliphatic heterocycles. The Hall–Kier alpha value is -2.66. The number of carboxylic acids is 1. The van der Waals surface area contributed by atoms with Gasteiger partial charge in [-0.3, -0.25) is 14.7 Å². The number of aromatic nitrogens is 2. The number of carboxylic acid groups (broad SMARTS) is 1. The van der Waals surface area contributed by atoms with E-state index in [0.717, 1.165) is 42.5 Å². The molecule has 3 aromatic rings. The van der Waals surface area contributed by atoms with Gasteiger partial charge in [-0.1, -0.05) is 18.2 Å². The SMILES string of the molecule is O=C(O)C1CCCN(Cc2cc3cnccc3n2-c2ccccc2)C1. The first-order valence-electron chi connectivity index (χ1n) is 8.67. The predicted molar refractivity (Wildman–Crippen MR) is 96.7 cm³/mol. The van der Waals surface area contributed by atoms with Crippen LogP contribution in [0, 0.1) is 5.92 Å². The first-order valence-corrected chi connectivity index (χ1v) is 8.67. The summed E-state index contributed by atoms with van der Waals surface area (Å²) in [5, 5.41) is 10.4. The highest BCUT2D eigenvalue weighted by Crippen LogP contribution is 2.26. The normalized spacial score (nSPS) is 18.5. The molecule has 1 N–H and O–H groups in total. The first kappa shape index (κ1) is 15.8. The summed E-state index contributed by atoms with van der Waals surface area (Å²) in [6.07, 6.45) is 5.41. The van der Waals surface area contributed by atoms with Gasteiger partial charge in [-0.05, 0) is 43.7 Å². The first-order chi connectivity index (χ1) is 12.2. The van der Waals surface area contributed by atoms with Gasteiger partial charge in [0.15, 0.2) is 0 Å². The van der Waals surface area contributed by atoms with Gasteiger partial charge < -0.3 is 9.67 Å². The Balaban J connectivity index is 1.71. The minimum Gasteiger partial charge on any atom is -0.481 e. The fourth-order valence-corrected chi connectivity index (χ4v) is 3.74. The van der Waals surface area contributed by atoms with Crippen molar-refractivity contribution in [3.05, 3.63) is 60.6 Å². The van der Waals surface area contributed by atoms with E-state index in [-0.39, 0.29) is 5.92 Å². The van der Waals surface area contributed by atoms with Gasteiger partial charge in [0.05, 0.1) is 11.4 Å². The maximum Gasteiger partial charge on any atom is 0.307 e. The lowest BCUT2D eigenvalue weighted by Gasteiger charge is -2.30. The van der Waals surface area contributed by atoms with E-state index in [4.69, 9.17) is 0 Å². The van der Waals surface area contributed by atoms with Gasteiger partial charge >= 0.3 is 5.97 Å². The second-order valence-electron chi connectivity index (χ2n) is 6.65. The number of piperidine rings is 1. The number of hydrogen-bond donors (Lipinski definition) is 1. The zero-order valence-electron chi connectivity index (χ0n) is 14.0. The topological polar surface area (TPSA) is 58.4 Å². The molecule has 1 aromatic carbocycles. The highest BCUT2D eigenvalue weighted by molar-refractivity contribution is 5.82. The highest BCUT2D eigenvalue weighted by Gasteiger charge is 2.26. The second-order valence-corrected chi connectivity index (χ2v) is 6.65. The lowest BCUT2D eigenvalue weighted by molar-refractivity contribution is -0.143. The van der Waals surface area contributed by atoms with Gasteiger partial charge in [0.25, 0.3) is 0 Å². The molecule has 0 bridgehead atoms. The Morgan fingerprint density at radius 3 is 2.88 bits per heavy atom. The lowest BCUT2D eigenvalue weighted by atomic mass is 9.98. The van der Waals surface area contributed by atoms with E-state index in [1.807, 2.05) is 36.7 Å². The van der Waals surface area contributed by atoms with E-state index in [1.54, 1.807) is 0 Å². The second kappa shape index (κ2) is 6.69. The molecule has 2 aromatic heterocycles. The van der Waals surface area contributed by atoms with Gasteiger partial charge in [0, 0.05) is 42.3 Å². The van der Waals surface area contributed by atoms with Crippen molar-refractivity contribution in [3.63, 3.8) is 0 Å². The molecule has 1 atom stereocenters. The Morgan fingerprint density at radius 1 is 1.24 bits per heavy atom. The molecule has 5 nitrogen and oxygen atoms in total. The smallest absolute Gasteiger partial charge is 0.307 e. The van der Waals surface area contributed by atoms with Gasteiger partial charge in [-0.2, -0.15) is 0 Å². The Labute approximate surface area is 146 Å². The van der Waals surface area contributed by atoms with Crippen LogP contribution < -0.4 is 0 Å². The number of pyridine rings is 1. The van der Waals surface area contributed by atoms with Gasteiger partial charge in [0.2, 0.25) is 0 Å². The average molecular weight is 335 g/mol. The summed E-state index contributed by atoms with van der Waals surface area (Å²) in [6.45, 7) is 2.30. The van der Waals surface area contributed by atoms with Gasteiger partial charge in [-0.25, -0.2) is 0 Å². The lowest BCUT2D eigenvalue weighted by Crippen LogP contribution is -2.38. The summed E-state index contributed by atoms with van der Waals surface area (Å²) in [6, 6.07) is 14.5. The van der Waals surface area contributed by atoms with Crippen molar-refractivity contribution in [2.24, 2.45) is 5.92 Å². The van der Waals surface area contributed by atoms with Crippen LogP contribution in [0.2, 0.25) is 0 Å². The van der Waals surface area contributed by atoms with Crippen LogP contribution >= 0.6 is 0 Å². The number of fused-ring (bicyclic) bond motifs is 1.